The maximum Gasteiger partial charge on any atom is 0.199 e. The van der Waals surface area contributed by atoms with E-state index in [0.29, 0.717) is 0 Å². The van der Waals surface area contributed by atoms with Crippen LogP contribution >= 0.6 is 11.6 Å². The molecular weight excluding hydrogens is 176 g/mol. The normalized spacial score (nSPS) is 22.2. The quantitative estimate of drug-likeness (QED) is 0.490. The Hall–Kier alpha value is -0.210. The van der Waals surface area contributed by atoms with E-state index in [2.05, 4.69) is 0 Å². The molecule has 70 valence electrons. The lowest BCUT2D eigenvalue weighted by Gasteiger charge is -2.19. The van der Waals surface area contributed by atoms with Crippen LogP contribution in [0.1, 0.15) is 25.7 Å². The maximum atomic E-state index is 5.53. The summed E-state index contributed by atoms with van der Waals surface area (Å²) in [7, 11) is 0. The molecule has 0 aromatic carbocycles. The molecule has 1 rings (SSSR count). The lowest BCUT2D eigenvalue weighted by Crippen LogP contribution is -2.17. The first kappa shape index (κ1) is 9.87. The molecule has 1 aliphatic rings. The van der Waals surface area contributed by atoms with E-state index in [1.807, 2.05) is 6.08 Å². The number of halogens is 1. The average Bonchev–Trinajstić information content (AvgIpc) is 2.14. The summed E-state index contributed by atoms with van der Waals surface area (Å²) >= 11 is 5.53. The molecule has 0 bridgehead atoms. The third kappa shape index (κ3) is 3.98. The molecule has 0 radical (unpaired) electrons. The molecule has 0 amide bonds. The monoisotopic (exact) mass is 190 g/mol. The number of rotatable bonds is 5. The third-order valence-electron chi connectivity index (χ3n) is 1.73. The fourth-order valence-electron chi connectivity index (χ4n) is 1.05. The summed E-state index contributed by atoms with van der Waals surface area (Å²) in [6.45, 7) is 0.755. The van der Waals surface area contributed by atoms with Gasteiger partial charge in [-0.2, -0.15) is 0 Å². The first-order valence-corrected chi connectivity index (χ1v) is 4.95. The van der Waals surface area contributed by atoms with E-state index in [1.165, 1.54) is 0 Å². The van der Waals surface area contributed by atoms with Crippen LogP contribution in [-0.2, 0) is 9.47 Å². The van der Waals surface area contributed by atoms with Gasteiger partial charge in [-0.15, -0.1) is 11.6 Å². The summed E-state index contributed by atoms with van der Waals surface area (Å²) in [6, 6.07) is 0. The van der Waals surface area contributed by atoms with Crippen LogP contribution in [-0.4, -0.2) is 18.8 Å². The lowest BCUT2D eigenvalue weighted by molar-refractivity contribution is -0.115. The van der Waals surface area contributed by atoms with Gasteiger partial charge >= 0.3 is 0 Å². The molecule has 0 saturated heterocycles. The number of ether oxygens (including phenoxy) is 2. The van der Waals surface area contributed by atoms with Gasteiger partial charge in [0.2, 0.25) is 0 Å². The van der Waals surface area contributed by atoms with Gasteiger partial charge < -0.3 is 9.47 Å². The Morgan fingerprint density at radius 2 is 2.42 bits per heavy atom. The van der Waals surface area contributed by atoms with Crippen LogP contribution in [0.5, 0.6) is 0 Å². The summed E-state index contributed by atoms with van der Waals surface area (Å²) in [5, 5.41) is 0. The van der Waals surface area contributed by atoms with E-state index >= 15 is 0 Å². The predicted molar refractivity (Wildman–Crippen MR) is 49.2 cm³/mol. The van der Waals surface area contributed by atoms with Gasteiger partial charge in [-0.1, -0.05) is 0 Å². The van der Waals surface area contributed by atoms with Crippen molar-refractivity contribution < 1.29 is 9.47 Å². The second-order valence-corrected chi connectivity index (χ2v) is 3.16. The zero-order valence-electron chi connectivity index (χ0n) is 7.17. The molecule has 1 aliphatic heterocycles. The number of hydrogen-bond acceptors (Lipinski definition) is 2. The van der Waals surface area contributed by atoms with Gasteiger partial charge in [0, 0.05) is 12.3 Å². The van der Waals surface area contributed by atoms with Crippen molar-refractivity contribution >= 4 is 11.6 Å². The number of hydrogen-bond donors (Lipinski definition) is 0. The highest BCUT2D eigenvalue weighted by Gasteiger charge is 2.09. The minimum absolute atomic E-state index is 0.0228. The van der Waals surface area contributed by atoms with E-state index < -0.39 is 0 Å². The predicted octanol–water partition coefficient (Wildman–Crippen LogP) is 2.67. The Morgan fingerprint density at radius 1 is 1.50 bits per heavy atom. The third-order valence-corrected chi connectivity index (χ3v) is 1.99. The number of allylic oxidation sites excluding steroid dienone is 1. The lowest BCUT2D eigenvalue weighted by atomic mass is 10.2. The fraction of sp³-hybridized carbons (Fsp3) is 0.778. The highest BCUT2D eigenvalue weighted by Crippen LogP contribution is 2.11. The zero-order chi connectivity index (χ0) is 8.65. The van der Waals surface area contributed by atoms with Crippen LogP contribution in [0.15, 0.2) is 12.3 Å². The van der Waals surface area contributed by atoms with Gasteiger partial charge in [-0.05, 0) is 25.3 Å². The molecule has 2 nitrogen and oxygen atoms in total. The Morgan fingerprint density at radius 3 is 3.08 bits per heavy atom. The molecular formula is C9H15ClO2. The molecule has 0 spiro atoms. The topological polar surface area (TPSA) is 18.5 Å². The minimum Gasteiger partial charge on any atom is -0.473 e. The van der Waals surface area contributed by atoms with Crippen LogP contribution in [0, 0.1) is 0 Å². The van der Waals surface area contributed by atoms with E-state index in [0.717, 1.165) is 38.2 Å². The van der Waals surface area contributed by atoms with Crippen molar-refractivity contribution in [3.63, 3.8) is 0 Å². The van der Waals surface area contributed by atoms with Crippen LogP contribution in [0.2, 0.25) is 0 Å². The second-order valence-electron chi connectivity index (χ2n) is 2.78. The van der Waals surface area contributed by atoms with Gasteiger partial charge in [-0.25, -0.2) is 0 Å². The molecule has 0 aromatic heterocycles. The molecule has 3 heteroatoms. The fourth-order valence-corrected chi connectivity index (χ4v) is 1.23. The highest BCUT2D eigenvalue weighted by molar-refractivity contribution is 6.17. The van der Waals surface area contributed by atoms with Crippen molar-refractivity contribution in [2.75, 3.05) is 12.5 Å². The van der Waals surface area contributed by atoms with E-state index in [9.17, 15) is 0 Å². The van der Waals surface area contributed by atoms with E-state index in [1.54, 1.807) is 6.26 Å². The SMILES string of the molecule is ClCCCCOC1CCC=CO1. The molecule has 12 heavy (non-hydrogen) atoms. The standard InChI is InChI=1S/C9H15ClO2/c10-6-2-4-8-12-9-5-1-3-7-11-9/h3,7,9H,1-2,4-6,8H2. The van der Waals surface area contributed by atoms with Gasteiger partial charge in [0.05, 0.1) is 12.9 Å². The van der Waals surface area contributed by atoms with Crippen LogP contribution in [0.3, 0.4) is 0 Å². The van der Waals surface area contributed by atoms with Crippen LogP contribution in [0.25, 0.3) is 0 Å². The summed E-state index contributed by atoms with van der Waals surface area (Å²) in [4.78, 5) is 0. The van der Waals surface area contributed by atoms with Crippen molar-refractivity contribution in [1.82, 2.24) is 0 Å². The number of alkyl halides is 1. The Labute approximate surface area is 78.5 Å². The van der Waals surface area contributed by atoms with Crippen molar-refractivity contribution in [2.24, 2.45) is 0 Å². The molecule has 0 fully saturated rings. The molecule has 1 heterocycles. The first-order chi connectivity index (χ1) is 5.93. The summed E-state index contributed by atoms with van der Waals surface area (Å²) in [5.41, 5.74) is 0. The highest BCUT2D eigenvalue weighted by atomic mass is 35.5. The molecule has 0 aromatic rings. The zero-order valence-corrected chi connectivity index (χ0v) is 7.93. The molecule has 0 N–H and O–H groups in total. The van der Waals surface area contributed by atoms with Crippen molar-refractivity contribution in [2.45, 2.75) is 32.0 Å². The smallest absolute Gasteiger partial charge is 0.199 e. The number of unbranched alkanes of at least 4 members (excludes halogenated alkanes) is 1. The second kappa shape index (κ2) is 6.32. The summed E-state index contributed by atoms with van der Waals surface area (Å²) in [6.07, 6.45) is 7.77. The minimum atomic E-state index is -0.0228. The summed E-state index contributed by atoms with van der Waals surface area (Å²) in [5.74, 6) is 0.717. The molecule has 0 aliphatic carbocycles. The Kier molecular flexibility index (Phi) is 5.20. The molecule has 0 saturated carbocycles. The van der Waals surface area contributed by atoms with Crippen LogP contribution < -0.4 is 0 Å². The maximum absolute atomic E-state index is 5.53. The van der Waals surface area contributed by atoms with Gasteiger partial charge in [0.15, 0.2) is 6.29 Å². The molecule has 1 unspecified atom stereocenters. The van der Waals surface area contributed by atoms with Gasteiger partial charge in [-0.3, -0.25) is 0 Å². The van der Waals surface area contributed by atoms with Crippen molar-refractivity contribution in [3.8, 4) is 0 Å². The average molecular weight is 191 g/mol. The van der Waals surface area contributed by atoms with E-state index in [-0.39, 0.29) is 6.29 Å². The summed E-state index contributed by atoms with van der Waals surface area (Å²) < 4.78 is 10.7. The van der Waals surface area contributed by atoms with Crippen molar-refractivity contribution in [3.05, 3.63) is 12.3 Å². The van der Waals surface area contributed by atoms with Gasteiger partial charge in [0.25, 0.3) is 0 Å². The Balaban J connectivity index is 1.95. The van der Waals surface area contributed by atoms with Crippen molar-refractivity contribution in [1.29, 1.82) is 0 Å². The first-order valence-electron chi connectivity index (χ1n) is 4.41. The van der Waals surface area contributed by atoms with E-state index in [4.69, 9.17) is 21.1 Å². The largest absolute Gasteiger partial charge is 0.473 e. The van der Waals surface area contributed by atoms with Gasteiger partial charge in [0.1, 0.15) is 0 Å². The molecule has 1 atom stereocenters. The Bertz CT molecular complexity index is 136. The van der Waals surface area contributed by atoms with Crippen LogP contribution in [0.4, 0.5) is 0 Å².